The summed E-state index contributed by atoms with van der Waals surface area (Å²) in [6.07, 6.45) is 3.42. The topological polar surface area (TPSA) is 55.2 Å². The van der Waals surface area contributed by atoms with Crippen molar-refractivity contribution in [2.24, 2.45) is 0 Å². The first-order valence-corrected chi connectivity index (χ1v) is 6.69. The second kappa shape index (κ2) is 7.40. The van der Waals surface area contributed by atoms with Gasteiger partial charge in [0.25, 0.3) is 5.69 Å². The highest BCUT2D eigenvalue weighted by Gasteiger charge is 2.18. The minimum atomic E-state index is -0.350. The molecule has 94 valence electrons. The number of alkyl halides is 1. The number of benzene rings is 1. The molecule has 1 aromatic rings. The van der Waals surface area contributed by atoms with Gasteiger partial charge in [0.1, 0.15) is 0 Å². The third kappa shape index (κ3) is 4.44. The minimum absolute atomic E-state index is 0.150. The largest absolute Gasteiger partial charge is 0.301 e. The van der Waals surface area contributed by atoms with Crippen molar-refractivity contribution < 1.29 is 4.92 Å². The fourth-order valence-corrected chi connectivity index (χ4v) is 2.20. The second-order valence-electron chi connectivity index (χ2n) is 3.84. The SMILES string of the molecule is CCCCCNC(Br)c1ccccc1[N+](=O)[O-]. The molecule has 0 aliphatic heterocycles. The van der Waals surface area contributed by atoms with Crippen LogP contribution in [0.5, 0.6) is 0 Å². The zero-order chi connectivity index (χ0) is 12.7. The Kier molecular flexibility index (Phi) is 6.15. The highest BCUT2D eigenvalue weighted by Crippen LogP contribution is 2.28. The number of hydrogen-bond acceptors (Lipinski definition) is 3. The zero-order valence-corrected chi connectivity index (χ0v) is 11.4. The van der Waals surface area contributed by atoms with E-state index in [0.717, 1.165) is 13.0 Å². The summed E-state index contributed by atoms with van der Waals surface area (Å²) in [4.78, 5) is 10.3. The van der Waals surface area contributed by atoms with Crippen molar-refractivity contribution in [3.05, 3.63) is 39.9 Å². The van der Waals surface area contributed by atoms with Crippen molar-refractivity contribution in [1.82, 2.24) is 5.32 Å². The summed E-state index contributed by atoms with van der Waals surface area (Å²) in [5, 5.41) is 14.1. The van der Waals surface area contributed by atoms with Gasteiger partial charge in [-0.1, -0.05) is 47.8 Å². The normalized spacial score (nSPS) is 12.4. The van der Waals surface area contributed by atoms with E-state index >= 15 is 0 Å². The van der Waals surface area contributed by atoms with Crippen LogP contribution in [0.1, 0.15) is 36.7 Å². The smallest absolute Gasteiger partial charge is 0.275 e. The fraction of sp³-hybridized carbons (Fsp3) is 0.500. The maximum absolute atomic E-state index is 10.9. The van der Waals surface area contributed by atoms with Gasteiger partial charge in [0, 0.05) is 6.07 Å². The standard InChI is InChI=1S/C12H17BrN2O2/c1-2-3-6-9-14-12(13)10-7-4-5-8-11(10)15(16)17/h4-5,7-8,12,14H,2-3,6,9H2,1H3. The monoisotopic (exact) mass is 300 g/mol. The van der Waals surface area contributed by atoms with Gasteiger partial charge in [0.05, 0.1) is 15.4 Å². The molecule has 0 saturated heterocycles. The maximum Gasteiger partial charge on any atom is 0.275 e. The summed E-state index contributed by atoms with van der Waals surface area (Å²) in [6.45, 7) is 3.00. The van der Waals surface area contributed by atoms with Crippen molar-refractivity contribution in [1.29, 1.82) is 0 Å². The Morgan fingerprint density at radius 1 is 1.41 bits per heavy atom. The summed E-state index contributed by atoms with van der Waals surface area (Å²) in [5.74, 6) is 0. The van der Waals surface area contributed by atoms with Crippen LogP contribution in [0, 0.1) is 10.1 Å². The Balaban J connectivity index is 2.62. The van der Waals surface area contributed by atoms with Gasteiger partial charge in [0.2, 0.25) is 0 Å². The van der Waals surface area contributed by atoms with Crippen molar-refractivity contribution in [2.45, 2.75) is 31.1 Å². The molecule has 1 rings (SSSR count). The Morgan fingerprint density at radius 3 is 2.76 bits per heavy atom. The van der Waals surface area contributed by atoms with Crippen LogP contribution in [0.15, 0.2) is 24.3 Å². The first-order valence-electron chi connectivity index (χ1n) is 5.77. The third-order valence-electron chi connectivity index (χ3n) is 2.51. The summed E-state index contributed by atoms with van der Waals surface area (Å²) in [7, 11) is 0. The summed E-state index contributed by atoms with van der Waals surface area (Å²) < 4.78 is 0. The van der Waals surface area contributed by atoms with E-state index < -0.39 is 0 Å². The molecule has 1 N–H and O–H groups in total. The molecule has 17 heavy (non-hydrogen) atoms. The van der Waals surface area contributed by atoms with Crippen LogP contribution in [0.4, 0.5) is 5.69 Å². The number of halogens is 1. The molecule has 1 atom stereocenters. The van der Waals surface area contributed by atoms with Gasteiger partial charge < -0.3 is 5.32 Å². The lowest BCUT2D eigenvalue weighted by atomic mass is 10.1. The molecular formula is C12H17BrN2O2. The number of para-hydroxylation sites is 1. The number of unbranched alkanes of at least 4 members (excludes halogenated alkanes) is 2. The van der Waals surface area contributed by atoms with Gasteiger partial charge in [0.15, 0.2) is 0 Å². The molecule has 0 bridgehead atoms. The van der Waals surface area contributed by atoms with Gasteiger partial charge in [-0.25, -0.2) is 0 Å². The Labute approximate surface area is 110 Å². The van der Waals surface area contributed by atoms with Crippen LogP contribution < -0.4 is 5.32 Å². The van der Waals surface area contributed by atoms with Crippen LogP contribution >= 0.6 is 15.9 Å². The Morgan fingerprint density at radius 2 is 2.12 bits per heavy atom. The first-order chi connectivity index (χ1) is 8.16. The minimum Gasteiger partial charge on any atom is -0.301 e. The van der Waals surface area contributed by atoms with Gasteiger partial charge in [-0.15, -0.1) is 0 Å². The van der Waals surface area contributed by atoms with E-state index in [0.29, 0.717) is 5.56 Å². The Bertz CT molecular complexity index is 371. The van der Waals surface area contributed by atoms with E-state index in [-0.39, 0.29) is 15.6 Å². The quantitative estimate of drug-likeness (QED) is 0.274. The van der Waals surface area contributed by atoms with E-state index in [1.807, 2.05) is 6.07 Å². The lowest BCUT2D eigenvalue weighted by Crippen LogP contribution is -2.18. The molecule has 0 aromatic heterocycles. The zero-order valence-electron chi connectivity index (χ0n) is 9.86. The van der Waals surface area contributed by atoms with Crippen LogP contribution in [0.2, 0.25) is 0 Å². The summed E-state index contributed by atoms with van der Waals surface area (Å²) >= 11 is 3.44. The second-order valence-corrected chi connectivity index (χ2v) is 4.76. The number of nitro benzene ring substituents is 1. The van der Waals surface area contributed by atoms with Crippen molar-refractivity contribution in [2.75, 3.05) is 6.54 Å². The number of nitrogens with one attached hydrogen (secondary N) is 1. The van der Waals surface area contributed by atoms with Crippen LogP contribution in [-0.2, 0) is 0 Å². The predicted molar refractivity (Wildman–Crippen MR) is 72.3 cm³/mol. The van der Waals surface area contributed by atoms with Crippen molar-refractivity contribution in [3.8, 4) is 0 Å². The summed E-state index contributed by atoms with van der Waals surface area (Å²) in [6, 6.07) is 6.78. The molecule has 1 unspecified atom stereocenters. The van der Waals surface area contributed by atoms with E-state index in [9.17, 15) is 10.1 Å². The number of hydrogen-bond donors (Lipinski definition) is 1. The number of nitrogens with zero attached hydrogens (tertiary/aromatic N) is 1. The molecule has 4 nitrogen and oxygen atoms in total. The molecule has 0 spiro atoms. The van der Waals surface area contributed by atoms with Crippen LogP contribution in [-0.4, -0.2) is 11.5 Å². The Hall–Kier alpha value is -0.940. The molecule has 1 aromatic carbocycles. The highest BCUT2D eigenvalue weighted by molar-refractivity contribution is 9.09. The van der Waals surface area contributed by atoms with E-state index in [2.05, 4.69) is 28.2 Å². The molecule has 0 radical (unpaired) electrons. The molecule has 0 saturated carbocycles. The van der Waals surface area contributed by atoms with E-state index in [1.165, 1.54) is 18.9 Å². The lowest BCUT2D eigenvalue weighted by molar-refractivity contribution is -0.385. The summed E-state index contributed by atoms with van der Waals surface area (Å²) in [5.41, 5.74) is 0.825. The number of rotatable bonds is 7. The molecule has 0 heterocycles. The molecule has 0 aliphatic carbocycles. The average molecular weight is 301 g/mol. The lowest BCUT2D eigenvalue weighted by Gasteiger charge is -2.12. The molecule has 0 fully saturated rings. The molecule has 5 heteroatoms. The van der Waals surface area contributed by atoms with Gasteiger partial charge >= 0.3 is 0 Å². The average Bonchev–Trinajstić information content (AvgIpc) is 2.34. The number of nitro groups is 1. The predicted octanol–water partition coefficient (Wildman–Crippen LogP) is 3.77. The van der Waals surface area contributed by atoms with Crippen LogP contribution in [0.25, 0.3) is 0 Å². The fourth-order valence-electron chi connectivity index (χ4n) is 1.58. The van der Waals surface area contributed by atoms with Gasteiger partial charge in [-0.3, -0.25) is 10.1 Å². The maximum atomic E-state index is 10.9. The molecular weight excluding hydrogens is 284 g/mol. The van der Waals surface area contributed by atoms with Crippen molar-refractivity contribution in [3.63, 3.8) is 0 Å². The van der Waals surface area contributed by atoms with Gasteiger partial charge in [-0.05, 0) is 19.0 Å². The van der Waals surface area contributed by atoms with Crippen LogP contribution in [0.3, 0.4) is 0 Å². The van der Waals surface area contributed by atoms with Crippen molar-refractivity contribution >= 4 is 21.6 Å². The molecule has 0 aliphatic rings. The molecule has 0 amide bonds. The van der Waals surface area contributed by atoms with E-state index in [4.69, 9.17) is 0 Å². The highest BCUT2D eigenvalue weighted by atomic mass is 79.9. The van der Waals surface area contributed by atoms with Gasteiger partial charge in [-0.2, -0.15) is 0 Å². The first kappa shape index (κ1) is 14.1. The third-order valence-corrected chi connectivity index (χ3v) is 3.33. The van der Waals surface area contributed by atoms with E-state index in [1.54, 1.807) is 12.1 Å².